The monoisotopic (exact) mass is 433 g/mol. The van der Waals surface area contributed by atoms with Crippen molar-refractivity contribution in [2.75, 3.05) is 19.8 Å². The smallest absolute Gasteiger partial charge is 0.290 e. The van der Waals surface area contributed by atoms with Gasteiger partial charge in [-0.25, -0.2) is 0 Å². The summed E-state index contributed by atoms with van der Waals surface area (Å²) in [7, 11) is 0. The van der Waals surface area contributed by atoms with Crippen molar-refractivity contribution < 1.29 is 18.7 Å². The summed E-state index contributed by atoms with van der Waals surface area (Å²) < 4.78 is 17.3. The predicted molar refractivity (Wildman–Crippen MR) is 123 cm³/mol. The van der Waals surface area contributed by atoms with E-state index in [2.05, 4.69) is 6.58 Å². The van der Waals surface area contributed by atoms with E-state index in [0.717, 1.165) is 5.56 Å². The van der Waals surface area contributed by atoms with Gasteiger partial charge in [0, 0.05) is 13.2 Å². The number of ether oxygens (including phenoxy) is 2. The summed E-state index contributed by atoms with van der Waals surface area (Å²) in [5.41, 5.74) is 1.40. The fourth-order valence-corrected chi connectivity index (χ4v) is 4.03. The van der Waals surface area contributed by atoms with Crippen molar-refractivity contribution in [1.29, 1.82) is 0 Å². The molecular weight excluding hydrogens is 406 g/mol. The molecule has 0 radical (unpaired) electrons. The molecule has 0 spiro atoms. The third kappa shape index (κ3) is 4.18. The molecule has 2 heterocycles. The largest absolute Gasteiger partial charge is 0.490 e. The van der Waals surface area contributed by atoms with Gasteiger partial charge < -0.3 is 18.8 Å². The highest BCUT2D eigenvalue weighted by Crippen LogP contribution is 2.39. The fraction of sp³-hybridized carbons (Fsp3) is 0.308. The molecule has 6 heteroatoms. The van der Waals surface area contributed by atoms with Crippen LogP contribution in [0.5, 0.6) is 5.75 Å². The molecule has 32 heavy (non-hydrogen) atoms. The van der Waals surface area contributed by atoms with Gasteiger partial charge in [0.2, 0.25) is 5.76 Å². The summed E-state index contributed by atoms with van der Waals surface area (Å²) in [6, 6.07) is 13.9. The molecule has 166 valence electrons. The van der Waals surface area contributed by atoms with Crippen LogP contribution in [0, 0.1) is 0 Å². The molecule has 0 bridgehead atoms. The Morgan fingerprint density at radius 3 is 2.75 bits per heavy atom. The summed E-state index contributed by atoms with van der Waals surface area (Å²) in [4.78, 5) is 28.5. The molecule has 4 rings (SSSR count). The maximum Gasteiger partial charge on any atom is 0.290 e. The van der Waals surface area contributed by atoms with Gasteiger partial charge in [0.25, 0.3) is 5.91 Å². The Morgan fingerprint density at radius 2 is 1.97 bits per heavy atom. The van der Waals surface area contributed by atoms with Gasteiger partial charge in [-0.05, 0) is 50.1 Å². The number of amides is 1. The van der Waals surface area contributed by atoms with Crippen LogP contribution in [-0.4, -0.2) is 36.7 Å². The number of benzene rings is 2. The van der Waals surface area contributed by atoms with E-state index in [0.29, 0.717) is 48.5 Å². The van der Waals surface area contributed by atoms with Crippen LogP contribution in [0.1, 0.15) is 48.0 Å². The van der Waals surface area contributed by atoms with Crippen molar-refractivity contribution in [3.8, 4) is 5.75 Å². The normalized spacial score (nSPS) is 15.4. The molecule has 1 unspecified atom stereocenters. The Bertz CT molecular complexity index is 1200. The minimum atomic E-state index is -0.551. The van der Waals surface area contributed by atoms with Gasteiger partial charge in [0.1, 0.15) is 17.9 Å². The highest BCUT2D eigenvalue weighted by Gasteiger charge is 2.42. The van der Waals surface area contributed by atoms with E-state index in [9.17, 15) is 9.59 Å². The van der Waals surface area contributed by atoms with Crippen LogP contribution in [0.25, 0.3) is 11.0 Å². The van der Waals surface area contributed by atoms with Crippen LogP contribution >= 0.6 is 0 Å². The Kier molecular flexibility index (Phi) is 6.42. The second-order valence-electron chi connectivity index (χ2n) is 8.02. The zero-order valence-corrected chi connectivity index (χ0v) is 18.4. The molecule has 3 aromatic rings. The second-order valence-corrected chi connectivity index (χ2v) is 8.02. The molecule has 0 N–H and O–H groups in total. The van der Waals surface area contributed by atoms with Crippen molar-refractivity contribution in [3.05, 3.63) is 88.3 Å². The van der Waals surface area contributed by atoms with Crippen molar-refractivity contribution in [2.24, 2.45) is 0 Å². The minimum Gasteiger partial charge on any atom is -0.490 e. The van der Waals surface area contributed by atoms with Gasteiger partial charge in [-0.2, -0.15) is 0 Å². The number of hydrogen-bond donors (Lipinski definition) is 0. The first-order valence-electron chi connectivity index (χ1n) is 10.8. The molecule has 1 aliphatic heterocycles. The molecule has 0 aliphatic carbocycles. The van der Waals surface area contributed by atoms with Crippen LogP contribution in [0.15, 0.2) is 70.4 Å². The first kappa shape index (κ1) is 21.8. The Hall–Kier alpha value is -3.38. The lowest BCUT2D eigenvalue weighted by Gasteiger charge is -2.25. The van der Waals surface area contributed by atoms with Crippen molar-refractivity contribution in [1.82, 2.24) is 4.90 Å². The van der Waals surface area contributed by atoms with Gasteiger partial charge in [-0.15, -0.1) is 0 Å². The number of rotatable bonds is 9. The highest BCUT2D eigenvalue weighted by molar-refractivity contribution is 5.99. The van der Waals surface area contributed by atoms with Gasteiger partial charge in [0.15, 0.2) is 5.43 Å². The molecule has 0 fully saturated rings. The molecule has 1 atom stereocenters. The summed E-state index contributed by atoms with van der Waals surface area (Å²) >= 11 is 0. The summed E-state index contributed by atoms with van der Waals surface area (Å²) in [6.45, 7) is 8.96. The van der Waals surface area contributed by atoms with E-state index in [1.54, 1.807) is 35.2 Å². The lowest BCUT2D eigenvalue weighted by atomic mass is 9.98. The fourth-order valence-electron chi connectivity index (χ4n) is 4.03. The topological polar surface area (TPSA) is 69.0 Å². The summed E-state index contributed by atoms with van der Waals surface area (Å²) in [5.74, 6) is 0.479. The van der Waals surface area contributed by atoms with Crippen molar-refractivity contribution in [2.45, 2.75) is 32.4 Å². The third-order valence-corrected chi connectivity index (χ3v) is 5.41. The first-order valence-corrected chi connectivity index (χ1v) is 10.8. The quantitative estimate of drug-likeness (QED) is 0.361. The average molecular weight is 434 g/mol. The Labute approximate surface area is 187 Å². The molecule has 0 saturated heterocycles. The molecule has 6 nitrogen and oxygen atoms in total. The Balaban J connectivity index is 1.78. The molecular formula is C26H27NO5. The number of carbonyl (C=O) groups is 1. The molecule has 0 saturated carbocycles. The van der Waals surface area contributed by atoms with Gasteiger partial charge in [-0.3, -0.25) is 9.59 Å². The lowest BCUT2D eigenvalue weighted by Crippen LogP contribution is -2.31. The summed E-state index contributed by atoms with van der Waals surface area (Å²) in [5, 5.41) is 0.466. The van der Waals surface area contributed by atoms with Crippen molar-refractivity contribution >= 4 is 16.9 Å². The Morgan fingerprint density at radius 1 is 1.16 bits per heavy atom. The number of fused-ring (bicyclic) bond motifs is 2. The van der Waals surface area contributed by atoms with Gasteiger partial charge in [-0.1, -0.05) is 36.9 Å². The average Bonchev–Trinajstić information content (AvgIpc) is 3.07. The first-order chi connectivity index (χ1) is 15.5. The van der Waals surface area contributed by atoms with E-state index in [1.165, 1.54) is 0 Å². The van der Waals surface area contributed by atoms with Crippen LogP contribution in [0.3, 0.4) is 0 Å². The highest BCUT2D eigenvalue weighted by atomic mass is 16.5. The SMILES string of the molecule is C=CCOc1cccc(C2c3c(oc4ccccc4c3=O)C(=O)N2CCCOC(C)C)c1. The van der Waals surface area contributed by atoms with E-state index in [-0.39, 0.29) is 23.2 Å². The van der Waals surface area contributed by atoms with E-state index < -0.39 is 6.04 Å². The van der Waals surface area contributed by atoms with Crippen LogP contribution in [0.2, 0.25) is 0 Å². The minimum absolute atomic E-state index is 0.112. The molecule has 1 aromatic heterocycles. The second kappa shape index (κ2) is 9.40. The zero-order chi connectivity index (χ0) is 22.7. The van der Waals surface area contributed by atoms with Gasteiger partial charge >= 0.3 is 0 Å². The molecule has 1 aliphatic rings. The number of para-hydroxylation sites is 1. The zero-order valence-electron chi connectivity index (χ0n) is 18.4. The predicted octanol–water partition coefficient (Wildman–Crippen LogP) is 4.72. The third-order valence-electron chi connectivity index (χ3n) is 5.41. The molecule has 2 aromatic carbocycles. The van der Waals surface area contributed by atoms with Crippen LogP contribution in [-0.2, 0) is 4.74 Å². The van der Waals surface area contributed by atoms with Crippen LogP contribution in [0.4, 0.5) is 0 Å². The van der Waals surface area contributed by atoms with Gasteiger partial charge in [0.05, 0.1) is 23.1 Å². The van der Waals surface area contributed by atoms with E-state index in [4.69, 9.17) is 13.9 Å². The number of hydrogen-bond acceptors (Lipinski definition) is 5. The number of nitrogens with zero attached hydrogens (tertiary/aromatic N) is 1. The lowest BCUT2D eigenvalue weighted by molar-refractivity contribution is 0.0593. The van der Waals surface area contributed by atoms with Crippen LogP contribution < -0.4 is 10.2 Å². The maximum atomic E-state index is 13.5. The van der Waals surface area contributed by atoms with Crippen molar-refractivity contribution in [3.63, 3.8) is 0 Å². The molecule has 1 amide bonds. The summed E-state index contributed by atoms with van der Waals surface area (Å²) in [6.07, 6.45) is 2.43. The number of carbonyl (C=O) groups excluding carboxylic acids is 1. The standard InChI is InChI=1S/C26H27NO5/c1-4-14-31-19-10-7-9-18(16-19)23-22-24(28)20-11-5-6-12-21(20)32-25(22)26(29)27(23)13-8-15-30-17(2)3/h4-7,9-12,16-17,23H,1,8,13-15H2,2-3H3. The maximum absolute atomic E-state index is 13.5. The van der Waals surface area contributed by atoms with E-state index >= 15 is 0 Å². The van der Waals surface area contributed by atoms with E-state index in [1.807, 2.05) is 38.1 Å².